The molecule has 0 atom stereocenters. The molecule has 0 radical (unpaired) electrons. The Morgan fingerprint density at radius 2 is 2.14 bits per heavy atom. The monoisotopic (exact) mass is 315 g/mol. The highest BCUT2D eigenvalue weighted by Crippen LogP contribution is 2.33. The van der Waals surface area contributed by atoms with Crippen molar-refractivity contribution in [2.24, 2.45) is 5.73 Å². The number of alkyl halides is 3. The summed E-state index contributed by atoms with van der Waals surface area (Å²) in [7, 11) is 0. The van der Waals surface area contributed by atoms with Crippen molar-refractivity contribution in [2.75, 3.05) is 13.2 Å². The fraction of sp³-hybridized carbons (Fsp3) is 0.429. The molecule has 0 fully saturated rings. The average Bonchev–Trinajstić information content (AvgIpc) is 2.71. The van der Waals surface area contributed by atoms with Crippen LogP contribution in [-0.2, 0) is 17.5 Å². The number of aryl methyl sites for hydroxylation is 1. The lowest BCUT2D eigenvalue weighted by Crippen LogP contribution is -2.18. The summed E-state index contributed by atoms with van der Waals surface area (Å²) in [6.45, 7) is 3.88. The Bertz CT molecular complexity index is 707. The maximum atomic E-state index is 12.8. The van der Waals surface area contributed by atoms with Crippen LogP contribution in [0.4, 0.5) is 13.2 Å². The molecule has 0 amide bonds. The zero-order valence-electron chi connectivity index (χ0n) is 12.2. The molecule has 2 aromatic rings. The number of ether oxygens (including phenoxy) is 1. The third-order valence-electron chi connectivity index (χ3n) is 3.30. The smallest absolute Gasteiger partial charge is 0.417 e. The highest BCUT2D eigenvalue weighted by molar-refractivity contribution is 5.98. The van der Waals surface area contributed by atoms with Gasteiger partial charge in [-0.25, -0.2) is 9.78 Å². The number of hydrogen-bond acceptors (Lipinski definition) is 4. The van der Waals surface area contributed by atoms with Gasteiger partial charge in [-0.15, -0.1) is 0 Å². The van der Waals surface area contributed by atoms with Crippen molar-refractivity contribution in [1.29, 1.82) is 0 Å². The Balaban J connectivity index is 2.71. The number of rotatable bonds is 4. The van der Waals surface area contributed by atoms with Crippen molar-refractivity contribution in [2.45, 2.75) is 26.6 Å². The third kappa shape index (κ3) is 2.78. The van der Waals surface area contributed by atoms with Crippen molar-refractivity contribution in [1.82, 2.24) is 9.55 Å². The zero-order valence-corrected chi connectivity index (χ0v) is 12.2. The molecule has 2 N–H and O–H groups in total. The van der Waals surface area contributed by atoms with Gasteiger partial charge in [-0.1, -0.05) is 0 Å². The minimum Gasteiger partial charge on any atom is -0.461 e. The minimum absolute atomic E-state index is 0.170. The van der Waals surface area contributed by atoms with Crippen molar-refractivity contribution in [3.63, 3.8) is 0 Å². The highest BCUT2D eigenvalue weighted by atomic mass is 19.4. The van der Waals surface area contributed by atoms with Crippen molar-refractivity contribution < 1.29 is 22.7 Å². The van der Waals surface area contributed by atoms with Gasteiger partial charge >= 0.3 is 12.1 Å². The van der Waals surface area contributed by atoms with Gasteiger partial charge < -0.3 is 15.0 Å². The lowest BCUT2D eigenvalue weighted by molar-refractivity contribution is -0.137. The number of carbonyl (C=O) groups excluding carboxylic acids is 1. The van der Waals surface area contributed by atoms with E-state index < -0.39 is 17.7 Å². The van der Waals surface area contributed by atoms with E-state index in [1.807, 2.05) is 0 Å². The van der Waals surface area contributed by atoms with Crippen LogP contribution in [0, 0.1) is 6.92 Å². The van der Waals surface area contributed by atoms with E-state index in [0.29, 0.717) is 11.2 Å². The van der Waals surface area contributed by atoms with E-state index in [0.717, 1.165) is 12.3 Å². The molecular weight excluding hydrogens is 299 g/mol. The fourth-order valence-electron chi connectivity index (χ4n) is 2.35. The van der Waals surface area contributed by atoms with Crippen LogP contribution in [0.25, 0.3) is 11.0 Å². The normalized spacial score (nSPS) is 11.9. The zero-order chi connectivity index (χ0) is 16.5. The molecule has 0 bridgehead atoms. The number of esters is 1. The first kappa shape index (κ1) is 16.3. The molecule has 5 nitrogen and oxygen atoms in total. The summed E-state index contributed by atoms with van der Waals surface area (Å²) in [5.74, 6) is -0.597. The predicted octanol–water partition coefficient (Wildman–Crippen LogP) is 2.50. The van der Waals surface area contributed by atoms with E-state index in [1.165, 1.54) is 4.57 Å². The van der Waals surface area contributed by atoms with E-state index in [-0.39, 0.29) is 30.8 Å². The average molecular weight is 315 g/mol. The molecule has 2 heterocycles. The Hall–Kier alpha value is -2.09. The molecule has 0 saturated carbocycles. The second-order valence-corrected chi connectivity index (χ2v) is 4.73. The summed E-state index contributed by atoms with van der Waals surface area (Å²) >= 11 is 0. The summed E-state index contributed by atoms with van der Waals surface area (Å²) in [5.41, 5.74) is 5.55. The summed E-state index contributed by atoms with van der Waals surface area (Å²) in [6, 6.07) is 0.993. The molecule has 0 aromatic carbocycles. The molecule has 2 rings (SSSR count). The summed E-state index contributed by atoms with van der Waals surface area (Å²) in [5, 5.41) is 0.270. The van der Waals surface area contributed by atoms with Gasteiger partial charge in [-0.2, -0.15) is 13.2 Å². The third-order valence-corrected chi connectivity index (χ3v) is 3.30. The molecule has 2 aromatic heterocycles. The van der Waals surface area contributed by atoms with Crippen molar-refractivity contribution >= 4 is 17.0 Å². The van der Waals surface area contributed by atoms with E-state index in [2.05, 4.69) is 4.98 Å². The van der Waals surface area contributed by atoms with Gasteiger partial charge in [-0.05, 0) is 25.5 Å². The number of aromatic nitrogens is 2. The van der Waals surface area contributed by atoms with Crippen LogP contribution in [0.5, 0.6) is 0 Å². The fourth-order valence-corrected chi connectivity index (χ4v) is 2.35. The van der Waals surface area contributed by atoms with Crippen LogP contribution in [0.1, 0.15) is 28.5 Å². The van der Waals surface area contributed by atoms with Crippen LogP contribution in [0.15, 0.2) is 12.3 Å². The number of pyridine rings is 1. The molecule has 0 aliphatic rings. The second kappa shape index (κ2) is 5.96. The van der Waals surface area contributed by atoms with Crippen molar-refractivity contribution in [3.8, 4) is 0 Å². The second-order valence-electron chi connectivity index (χ2n) is 4.73. The lowest BCUT2D eigenvalue weighted by atomic mass is 10.1. The summed E-state index contributed by atoms with van der Waals surface area (Å²) in [6.07, 6.45) is -3.74. The first-order chi connectivity index (χ1) is 10.3. The number of hydrogen-bond donors (Lipinski definition) is 1. The number of fused-ring (bicyclic) bond motifs is 1. The number of nitrogens with zero attached hydrogens (tertiary/aromatic N) is 2. The van der Waals surface area contributed by atoms with E-state index >= 15 is 0 Å². The van der Waals surface area contributed by atoms with E-state index in [1.54, 1.807) is 13.8 Å². The molecule has 0 unspecified atom stereocenters. The van der Waals surface area contributed by atoms with Gasteiger partial charge in [0.1, 0.15) is 11.3 Å². The summed E-state index contributed by atoms with van der Waals surface area (Å²) in [4.78, 5) is 15.9. The van der Waals surface area contributed by atoms with Crippen LogP contribution in [0.3, 0.4) is 0 Å². The van der Waals surface area contributed by atoms with Crippen molar-refractivity contribution in [3.05, 3.63) is 29.1 Å². The maximum absolute atomic E-state index is 12.8. The van der Waals surface area contributed by atoms with E-state index in [4.69, 9.17) is 10.5 Å². The molecule has 0 saturated heterocycles. The first-order valence-electron chi connectivity index (χ1n) is 6.74. The van der Waals surface area contributed by atoms with Crippen LogP contribution in [-0.4, -0.2) is 28.7 Å². The quantitative estimate of drug-likeness (QED) is 0.880. The van der Waals surface area contributed by atoms with Crippen LogP contribution >= 0.6 is 0 Å². The molecular formula is C14H16F3N3O2. The molecule has 8 heteroatoms. The van der Waals surface area contributed by atoms with Gasteiger partial charge in [0.05, 0.1) is 12.2 Å². The Morgan fingerprint density at radius 1 is 1.45 bits per heavy atom. The minimum atomic E-state index is -4.49. The summed E-state index contributed by atoms with van der Waals surface area (Å²) < 4.78 is 44.9. The van der Waals surface area contributed by atoms with Gasteiger partial charge in [0, 0.05) is 24.7 Å². The van der Waals surface area contributed by atoms with E-state index in [9.17, 15) is 18.0 Å². The van der Waals surface area contributed by atoms with Gasteiger partial charge in [0.25, 0.3) is 0 Å². The number of halogens is 3. The standard InChI is InChI=1S/C14H16F3N3O2/c1-3-22-13(21)11-8(2)10-6-9(14(15,16)17)7-19-12(10)20(11)5-4-18/h6-7H,3-5,18H2,1-2H3. The maximum Gasteiger partial charge on any atom is 0.417 e. The molecule has 22 heavy (non-hydrogen) atoms. The van der Waals surface area contributed by atoms with Gasteiger partial charge in [0.2, 0.25) is 0 Å². The van der Waals surface area contributed by atoms with Gasteiger partial charge in [-0.3, -0.25) is 0 Å². The van der Waals surface area contributed by atoms with Crippen LogP contribution in [0.2, 0.25) is 0 Å². The van der Waals surface area contributed by atoms with Gasteiger partial charge in [0.15, 0.2) is 0 Å². The Morgan fingerprint density at radius 3 is 2.68 bits per heavy atom. The topological polar surface area (TPSA) is 70.1 Å². The number of nitrogens with two attached hydrogens (primary N) is 1. The molecule has 0 spiro atoms. The Kier molecular flexibility index (Phi) is 4.41. The lowest BCUT2D eigenvalue weighted by Gasteiger charge is -2.09. The molecule has 0 aliphatic carbocycles. The molecule has 0 aliphatic heterocycles. The predicted molar refractivity (Wildman–Crippen MR) is 74.5 cm³/mol. The highest BCUT2D eigenvalue weighted by Gasteiger charge is 2.32. The molecule has 120 valence electrons. The van der Waals surface area contributed by atoms with Crippen LogP contribution < -0.4 is 5.73 Å². The first-order valence-corrected chi connectivity index (χ1v) is 6.74. The Labute approximate surface area is 124 Å². The number of carbonyl (C=O) groups is 1. The largest absolute Gasteiger partial charge is 0.461 e. The SMILES string of the molecule is CCOC(=O)c1c(C)c2cc(C(F)(F)F)cnc2n1CCN.